The van der Waals surface area contributed by atoms with Crippen LogP contribution in [0.15, 0.2) is 18.2 Å². The Balaban J connectivity index is 1.47. The van der Waals surface area contributed by atoms with Crippen molar-refractivity contribution in [1.82, 2.24) is 15.1 Å². The summed E-state index contributed by atoms with van der Waals surface area (Å²) in [4.78, 5) is 44.5. The maximum Gasteiger partial charge on any atom is 0.256 e. The summed E-state index contributed by atoms with van der Waals surface area (Å²) in [6, 6.07) is 5.05. The Morgan fingerprint density at radius 1 is 1.10 bits per heavy atom. The van der Waals surface area contributed by atoms with E-state index < -0.39 is 6.04 Å². The highest BCUT2D eigenvalue weighted by molar-refractivity contribution is 6.12. The van der Waals surface area contributed by atoms with Gasteiger partial charge in [0.25, 0.3) is 5.91 Å². The van der Waals surface area contributed by atoms with Crippen molar-refractivity contribution >= 4 is 23.4 Å². The molecule has 0 aromatic heterocycles. The number of fused-ring (bicyclic) bond motifs is 2. The van der Waals surface area contributed by atoms with E-state index in [0.29, 0.717) is 30.8 Å². The zero-order chi connectivity index (χ0) is 20.4. The third-order valence-electron chi connectivity index (χ3n) is 6.24. The highest BCUT2D eigenvalue weighted by Gasteiger charge is 2.42. The Morgan fingerprint density at radius 3 is 2.69 bits per heavy atom. The predicted octanol–water partition coefficient (Wildman–Crippen LogP) is 1.55. The van der Waals surface area contributed by atoms with Crippen LogP contribution in [0.3, 0.4) is 0 Å². The molecule has 1 N–H and O–H groups in total. The lowest BCUT2D eigenvalue weighted by Gasteiger charge is -2.27. The smallest absolute Gasteiger partial charge is 0.256 e. The van der Waals surface area contributed by atoms with Crippen molar-refractivity contribution in [2.75, 3.05) is 44.2 Å². The number of aryl methyl sites for hydroxylation is 1. The Kier molecular flexibility index (Phi) is 5.85. The van der Waals surface area contributed by atoms with Crippen LogP contribution in [0.5, 0.6) is 0 Å². The molecule has 0 saturated carbocycles. The van der Waals surface area contributed by atoms with Crippen LogP contribution in [-0.2, 0) is 9.59 Å². The summed E-state index contributed by atoms with van der Waals surface area (Å²) in [5, 5.41) is 2.96. The molecule has 2 fully saturated rings. The minimum Gasteiger partial charge on any atom is -0.353 e. The van der Waals surface area contributed by atoms with Gasteiger partial charge in [0, 0.05) is 19.6 Å². The monoisotopic (exact) mass is 398 g/mol. The number of rotatable bonds is 5. The molecule has 0 bridgehead atoms. The Hall–Kier alpha value is -2.41. The number of amides is 3. The van der Waals surface area contributed by atoms with E-state index in [1.54, 1.807) is 11.0 Å². The van der Waals surface area contributed by atoms with E-state index in [1.807, 2.05) is 19.1 Å². The molecule has 2 saturated heterocycles. The van der Waals surface area contributed by atoms with Gasteiger partial charge in [-0.15, -0.1) is 0 Å². The normalized spacial score (nSPS) is 22.3. The standard InChI is InChI=1S/C22H30N4O3/c1-16-7-8-18-17(14-16)21(28)25-12-5-6-19(25)22(29)26(18)15-20(27)23-9-13-24-10-3-2-4-11-24/h7-8,14,19H,2-6,9-13,15H2,1H3,(H,23,27)/t19-/m0/s1. The van der Waals surface area contributed by atoms with E-state index in [2.05, 4.69) is 10.2 Å². The van der Waals surface area contributed by atoms with Gasteiger partial charge in [0.05, 0.1) is 11.3 Å². The fraction of sp³-hybridized carbons (Fsp3) is 0.591. The largest absolute Gasteiger partial charge is 0.353 e. The molecular formula is C22H30N4O3. The maximum absolute atomic E-state index is 13.2. The van der Waals surface area contributed by atoms with E-state index in [0.717, 1.165) is 31.6 Å². The van der Waals surface area contributed by atoms with E-state index in [9.17, 15) is 14.4 Å². The van der Waals surface area contributed by atoms with Gasteiger partial charge in [0.2, 0.25) is 11.8 Å². The van der Waals surface area contributed by atoms with Crippen LogP contribution in [0.25, 0.3) is 0 Å². The van der Waals surface area contributed by atoms with Crippen molar-refractivity contribution in [2.24, 2.45) is 0 Å². The van der Waals surface area contributed by atoms with Crippen molar-refractivity contribution in [3.63, 3.8) is 0 Å². The summed E-state index contributed by atoms with van der Waals surface area (Å²) in [5.41, 5.74) is 2.03. The number of nitrogens with zero attached hydrogens (tertiary/aromatic N) is 3. The average Bonchev–Trinajstić information content (AvgIpc) is 3.19. The van der Waals surface area contributed by atoms with Gasteiger partial charge in [-0.2, -0.15) is 0 Å². The third-order valence-corrected chi connectivity index (χ3v) is 6.24. The number of benzene rings is 1. The van der Waals surface area contributed by atoms with Crippen LogP contribution in [-0.4, -0.2) is 72.8 Å². The number of anilines is 1. The van der Waals surface area contributed by atoms with Crippen molar-refractivity contribution < 1.29 is 14.4 Å². The number of carbonyl (C=O) groups is 3. The lowest BCUT2D eigenvalue weighted by Crippen LogP contribution is -2.48. The van der Waals surface area contributed by atoms with Gasteiger partial charge < -0.3 is 20.0 Å². The number of carbonyl (C=O) groups excluding carboxylic acids is 3. The molecule has 3 heterocycles. The van der Waals surface area contributed by atoms with Gasteiger partial charge in [0.15, 0.2) is 0 Å². The lowest BCUT2D eigenvalue weighted by molar-refractivity contribution is -0.125. The first-order valence-electron chi connectivity index (χ1n) is 10.8. The van der Waals surface area contributed by atoms with Crippen molar-refractivity contribution in [1.29, 1.82) is 0 Å². The minimum absolute atomic E-state index is 0.0491. The molecule has 0 unspecified atom stereocenters. The van der Waals surface area contributed by atoms with Gasteiger partial charge in [-0.1, -0.05) is 18.1 Å². The maximum atomic E-state index is 13.2. The number of hydrogen-bond acceptors (Lipinski definition) is 4. The van der Waals surface area contributed by atoms with Crippen molar-refractivity contribution in [3.05, 3.63) is 29.3 Å². The van der Waals surface area contributed by atoms with Gasteiger partial charge >= 0.3 is 0 Å². The average molecular weight is 399 g/mol. The zero-order valence-electron chi connectivity index (χ0n) is 17.2. The van der Waals surface area contributed by atoms with E-state index in [-0.39, 0.29) is 24.3 Å². The van der Waals surface area contributed by atoms with Gasteiger partial charge in [-0.05, 0) is 57.8 Å². The van der Waals surface area contributed by atoms with Crippen molar-refractivity contribution in [2.45, 2.75) is 45.1 Å². The molecule has 0 spiro atoms. The summed E-state index contributed by atoms with van der Waals surface area (Å²) in [5.74, 6) is -0.432. The number of piperidine rings is 1. The first kappa shape index (κ1) is 19.9. The van der Waals surface area contributed by atoms with Gasteiger partial charge in [0.1, 0.15) is 12.6 Å². The molecule has 3 amide bonds. The zero-order valence-corrected chi connectivity index (χ0v) is 17.2. The molecule has 1 aromatic rings. The van der Waals surface area contributed by atoms with Gasteiger partial charge in [-0.3, -0.25) is 14.4 Å². The highest BCUT2D eigenvalue weighted by Crippen LogP contribution is 2.32. The topological polar surface area (TPSA) is 73.0 Å². The highest BCUT2D eigenvalue weighted by atomic mass is 16.2. The fourth-order valence-corrected chi connectivity index (χ4v) is 4.68. The van der Waals surface area contributed by atoms with E-state index in [1.165, 1.54) is 24.2 Å². The number of hydrogen-bond donors (Lipinski definition) is 1. The van der Waals surface area contributed by atoms with E-state index >= 15 is 0 Å². The fourth-order valence-electron chi connectivity index (χ4n) is 4.68. The molecule has 4 rings (SSSR count). The van der Waals surface area contributed by atoms with Crippen LogP contribution in [0, 0.1) is 6.92 Å². The molecule has 1 aromatic carbocycles. The van der Waals surface area contributed by atoms with Gasteiger partial charge in [-0.25, -0.2) is 0 Å². The summed E-state index contributed by atoms with van der Waals surface area (Å²) in [6.45, 7) is 6.07. The van der Waals surface area contributed by atoms with Crippen LogP contribution >= 0.6 is 0 Å². The summed E-state index contributed by atoms with van der Waals surface area (Å²) in [6.07, 6.45) is 5.20. The van der Waals surface area contributed by atoms with E-state index in [4.69, 9.17) is 0 Å². The molecule has 0 aliphatic carbocycles. The molecule has 7 nitrogen and oxygen atoms in total. The molecule has 3 aliphatic heterocycles. The summed E-state index contributed by atoms with van der Waals surface area (Å²) < 4.78 is 0. The molecule has 29 heavy (non-hydrogen) atoms. The first-order chi connectivity index (χ1) is 14.0. The Bertz CT molecular complexity index is 803. The Morgan fingerprint density at radius 2 is 1.90 bits per heavy atom. The lowest BCUT2D eigenvalue weighted by atomic mass is 10.1. The van der Waals surface area contributed by atoms with Crippen LogP contribution < -0.4 is 10.2 Å². The molecule has 0 radical (unpaired) electrons. The quantitative estimate of drug-likeness (QED) is 0.817. The van der Waals surface area contributed by atoms with Crippen LogP contribution in [0.1, 0.15) is 48.0 Å². The summed E-state index contributed by atoms with van der Waals surface area (Å²) in [7, 11) is 0. The minimum atomic E-state index is -0.462. The molecule has 156 valence electrons. The molecular weight excluding hydrogens is 368 g/mol. The number of likely N-dealkylation sites (tertiary alicyclic amines) is 1. The SMILES string of the molecule is Cc1ccc2c(c1)C(=O)N1CCC[C@H]1C(=O)N2CC(=O)NCCN1CCCCC1. The second-order valence-corrected chi connectivity index (χ2v) is 8.35. The van der Waals surface area contributed by atoms with Crippen LogP contribution in [0.4, 0.5) is 5.69 Å². The Labute approximate surface area is 172 Å². The van der Waals surface area contributed by atoms with Crippen molar-refractivity contribution in [3.8, 4) is 0 Å². The second-order valence-electron chi connectivity index (χ2n) is 8.35. The first-order valence-corrected chi connectivity index (χ1v) is 10.8. The second kappa shape index (κ2) is 8.53. The molecule has 7 heteroatoms. The summed E-state index contributed by atoms with van der Waals surface area (Å²) >= 11 is 0. The molecule has 3 aliphatic rings. The molecule has 1 atom stereocenters. The van der Waals surface area contributed by atoms with Crippen LogP contribution in [0.2, 0.25) is 0 Å². The third kappa shape index (κ3) is 4.15. The predicted molar refractivity (Wildman–Crippen MR) is 111 cm³/mol. The number of nitrogens with one attached hydrogen (secondary N) is 1.